The first kappa shape index (κ1) is 11.1. The molecule has 0 atom stereocenters. The molecule has 0 heterocycles. The first-order valence-electron chi connectivity index (χ1n) is 4.44. The summed E-state index contributed by atoms with van der Waals surface area (Å²) in [4.78, 5) is 2.61. The van der Waals surface area contributed by atoms with Crippen molar-refractivity contribution in [2.75, 3.05) is 13.7 Å². The van der Waals surface area contributed by atoms with Crippen molar-refractivity contribution < 1.29 is 4.74 Å². The summed E-state index contributed by atoms with van der Waals surface area (Å²) in [7, 11) is 1.66. The Labute approximate surface area is 88.5 Å². The van der Waals surface area contributed by atoms with Crippen LogP contribution in [-0.2, 0) is 11.3 Å². The third-order valence-corrected chi connectivity index (χ3v) is 1.71. The summed E-state index contributed by atoms with van der Waals surface area (Å²) in [6.45, 7) is 0.808. The van der Waals surface area contributed by atoms with Gasteiger partial charge in [-0.15, -0.1) is 0 Å². The molecule has 0 N–H and O–H groups in total. The maximum Gasteiger partial charge on any atom is 0.0880 e. The first-order chi connectivity index (χ1) is 7.36. The Morgan fingerprint density at radius 2 is 2.13 bits per heavy atom. The summed E-state index contributed by atoms with van der Waals surface area (Å²) < 4.78 is 4.99. The number of benzene rings is 1. The zero-order valence-electron chi connectivity index (χ0n) is 8.47. The van der Waals surface area contributed by atoms with Crippen LogP contribution < -0.4 is 0 Å². The predicted molar refractivity (Wildman–Crippen MR) is 58.0 cm³/mol. The Morgan fingerprint density at radius 3 is 2.73 bits per heavy atom. The highest BCUT2D eigenvalue weighted by molar-refractivity contribution is 5.36. The maximum atomic E-state index is 8.04. The van der Waals surface area contributed by atoms with E-state index < -0.39 is 0 Å². The molecular weight excluding hydrogens is 190 g/mol. The van der Waals surface area contributed by atoms with Crippen molar-refractivity contribution in [3.05, 3.63) is 45.8 Å². The fourth-order valence-corrected chi connectivity index (χ4v) is 1.06. The Morgan fingerprint density at radius 1 is 1.40 bits per heavy atom. The van der Waals surface area contributed by atoms with E-state index in [-0.39, 0.29) is 6.54 Å². The number of methoxy groups -OCH3 is 1. The van der Waals surface area contributed by atoms with Crippen LogP contribution >= 0.6 is 0 Å². The van der Waals surface area contributed by atoms with E-state index in [4.69, 9.17) is 10.3 Å². The van der Waals surface area contributed by atoms with E-state index in [0.29, 0.717) is 6.61 Å². The highest BCUT2D eigenvalue weighted by Gasteiger charge is 1.90. The highest BCUT2D eigenvalue weighted by Crippen LogP contribution is 2.03. The predicted octanol–water partition coefficient (Wildman–Crippen LogP) is 2.49. The molecule has 0 fully saturated rings. The highest BCUT2D eigenvalue weighted by atomic mass is 16.5. The van der Waals surface area contributed by atoms with Crippen LogP contribution in [0.2, 0.25) is 0 Å². The van der Waals surface area contributed by atoms with Gasteiger partial charge < -0.3 is 4.74 Å². The summed E-state index contributed by atoms with van der Waals surface area (Å²) in [5.41, 5.74) is 10.1. The van der Waals surface area contributed by atoms with Crippen LogP contribution in [0.4, 0.5) is 0 Å². The smallest absolute Gasteiger partial charge is 0.0880 e. The quantitative estimate of drug-likeness (QED) is 0.321. The van der Waals surface area contributed by atoms with E-state index in [1.807, 2.05) is 24.3 Å². The molecule has 4 heteroatoms. The molecule has 0 saturated carbocycles. The maximum absolute atomic E-state index is 8.04. The second kappa shape index (κ2) is 6.50. The Kier molecular flexibility index (Phi) is 4.82. The minimum absolute atomic E-state index is 0.205. The van der Waals surface area contributed by atoms with Crippen molar-refractivity contribution in [1.29, 1.82) is 0 Å². The van der Waals surface area contributed by atoms with Crippen LogP contribution in [0, 0.1) is 11.8 Å². The standard InChI is InChI=1S/C11H11N3O/c1-15-9-11-6-4-10(5-7-11)3-2-8-13-14-12/h4-7H,8-9H2,1H3. The zero-order chi connectivity index (χ0) is 10.9. The van der Waals surface area contributed by atoms with Crippen molar-refractivity contribution >= 4 is 0 Å². The first-order valence-corrected chi connectivity index (χ1v) is 4.44. The van der Waals surface area contributed by atoms with Crippen LogP contribution in [-0.4, -0.2) is 13.7 Å². The van der Waals surface area contributed by atoms with Gasteiger partial charge in [-0.2, -0.15) is 0 Å². The third kappa shape index (κ3) is 4.19. The van der Waals surface area contributed by atoms with Gasteiger partial charge in [0.05, 0.1) is 13.2 Å². The zero-order valence-corrected chi connectivity index (χ0v) is 8.47. The average molecular weight is 201 g/mol. The van der Waals surface area contributed by atoms with Crippen molar-refractivity contribution in [3.63, 3.8) is 0 Å². The molecule has 1 rings (SSSR count). The Bertz CT molecular complexity index is 408. The number of ether oxygens (including phenoxy) is 1. The number of rotatable bonds is 3. The van der Waals surface area contributed by atoms with Gasteiger partial charge in [-0.1, -0.05) is 29.1 Å². The normalized spacial score (nSPS) is 8.60. The molecule has 1 aromatic carbocycles. The summed E-state index contributed by atoms with van der Waals surface area (Å²) in [5, 5.41) is 3.32. The molecule has 0 aromatic heterocycles. The van der Waals surface area contributed by atoms with Gasteiger partial charge >= 0.3 is 0 Å². The minimum atomic E-state index is 0.205. The van der Waals surface area contributed by atoms with Crippen molar-refractivity contribution in [2.45, 2.75) is 6.61 Å². The monoisotopic (exact) mass is 201 g/mol. The molecule has 0 saturated heterocycles. The van der Waals surface area contributed by atoms with Gasteiger partial charge in [0, 0.05) is 17.6 Å². The lowest BCUT2D eigenvalue weighted by Gasteiger charge is -1.98. The van der Waals surface area contributed by atoms with Gasteiger partial charge in [-0.3, -0.25) is 0 Å². The molecule has 0 amide bonds. The fraction of sp³-hybridized carbons (Fsp3) is 0.273. The van der Waals surface area contributed by atoms with Crippen LogP contribution in [0.3, 0.4) is 0 Å². The number of nitrogens with zero attached hydrogens (tertiary/aromatic N) is 3. The van der Waals surface area contributed by atoms with Crippen LogP contribution in [0.25, 0.3) is 10.4 Å². The Balaban J connectivity index is 2.62. The van der Waals surface area contributed by atoms with E-state index >= 15 is 0 Å². The summed E-state index contributed by atoms with van der Waals surface area (Å²) >= 11 is 0. The number of azide groups is 1. The van der Waals surface area contributed by atoms with Gasteiger partial charge in [-0.25, -0.2) is 0 Å². The third-order valence-electron chi connectivity index (χ3n) is 1.71. The van der Waals surface area contributed by atoms with Gasteiger partial charge in [-0.05, 0) is 23.2 Å². The van der Waals surface area contributed by atoms with E-state index in [1.54, 1.807) is 7.11 Å². The van der Waals surface area contributed by atoms with Crippen LogP contribution in [0.15, 0.2) is 29.4 Å². The number of hydrogen-bond donors (Lipinski definition) is 0. The van der Waals surface area contributed by atoms with Gasteiger partial charge in [0.2, 0.25) is 0 Å². The van der Waals surface area contributed by atoms with E-state index in [1.165, 1.54) is 0 Å². The molecule has 0 aliphatic carbocycles. The van der Waals surface area contributed by atoms with Gasteiger partial charge in [0.25, 0.3) is 0 Å². The molecule has 0 spiro atoms. The van der Waals surface area contributed by atoms with Gasteiger partial charge in [0.15, 0.2) is 0 Å². The molecule has 4 nitrogen and oxygen atoms in total. The topological polar surface area (TPSA) is 58.0 Å². The van der Waals surface area contributed by atoms with E-state index in [2.05, 4.69) is 21.9 Å². The minimum Gasteiger partial charge on any atom is -0.380 e. The van der Waals surface area contributed by atoms with Crippen molar-refractivity contribution in [3.8, 4) is 11.8 Å². The lowest BCUT2D eigenvalue weighted by Crippen LogP contribution is -1.86. The molecule has 0 aliphatic rings. The van der Waals surface area contributed by atoms with Crippen molar-refractivity contribution in [1.82, 2.24) is 0 Å². The second-order valence-corrected chi connectivity index (χ2v) is 2.82. The largest absolute Gasteiger partial charge is 0.380 e. The SMILES string of the molecule is COCc1ccc(C#CCN=[N+]=[N-])cc1. The second-order valence-electron chi connectivity index (χ2n) is 2.82. The molecule has 1 aromatic rings. The lowest BCUT2D eigenvalue weighted by atomic mass is 10.1. The Hall–Kier alpha value is -1.95. The molecule has 0 unspecified atom stereocenters. The molecule has 0 radical (unpaired) electrons. The average Bonchev–Trinajstić information content (AvgIpc) is 2.27. The molecule has 76 valence electrons. The van der Waals surface area contributed by atoms with Crippen LogP contribution in [0.1, 0.15) is 11.1 Å². The molecular formula is C11H11N3O. The van der Waals surface area contributed by atoms with E-state index in [0.717, 1.165) is 11.1 Å². The molecule has 0 bridgehead atoms. The summed E-state index contributed by atoms with van der Waals surface area (Å²) in [5.74, 6) is 5.65. The van der Waals surface area contributed by atoms with E-state index in [9.17, 15) is 0 Å². The molecule has 0 aliphatic heterocycles. The van der Waals surface area contributed by atoms with Crippen molar-refractivity contribution in [2.24, 2.45) is 5.11 Å². The summed E-state index contributed by atoms with van der Waals surface area (Å²) in [6.07, 6.45) is 0. The molecule has 15 heavy (non-hydrogen) atoms. The lowest BCUT2D eigenvalue weighted by molar-refractivity contribution is 0.185. The fourth-order valence-electron chi connectivity index (χ4n) is 1.06. The number of hydrogen-bond acceptors (Lipinski definition) is 2. The van der Waals surface area contributed by atoms with Crippen LogP contribution in [0.5, 0.6) is 0 Å². The van der Waals surface area contributed by atoms with Gasteiger partial charge in [0.1, 0.15) is 0 Å². The summed E-state index contributed by atoms with van der Waals surface area (Å²) in [6, 6.07) is 7.75.